The molecule has 2 rings (SSSR count). The lowest BCUT2D eigenvalue weighted by molar-refractivity contribution is -0.141. The molecule has 0 spiro atoms. The second kappa shape index (κ2) is 7.86. The molecular weight excluding hydrogens is 358 g/mol. The lowest BCUT2D eigenvalue weighted by Crippen LogP contribution is -2.45. The number of aliphatic carboxylic acids is 1. The van der Waals surface area contributed by atoms with Gasteiger partial charge in [0, 0.05) is 0 Å². The van der Waals surface area contributed by atoms with Crippen LogP contribution in [0.1, 0.15) is 22.8 Å². The third-order valence-corrected chi connectivity index (χ3v) is 5.54. The van der Waals surface area contributed by atoms with E-state index in [9.17, 15) is 23.4 Å². The minimum absolute atomic E-state index is 0.0962. The molecule has 2 aromatic carbocycles. The van der Waals surface area contributed by atoms with E-state index in [1.54, 1.807) is 38.1 Å². The Morgan fingerprint density at radius 1 is 1.12 bits per heavy atom. The predicted molar refractivity (Wildman–Crippen MR) is 95.6 cm³/mol. The van der Waals surface area contributed by atoms with E-state index in [4.69, 9.17) is 4.74 Å². The number of carbonyl (C=O) groups is 1. The molecule has 2 aromatic rings. The number of aliphatic hydroxyl groups is 1. The van der Waals surface area contributed by atoms with Crippen LogP contribution in [-0.4, -0.2) is 37.8 Å². The maximum Gasteiger partial charge on any atom is 0.324 e. The number of nitrogens with one attached hydrogen (secondary N) is 1. The molecule has 0 bridgehead atoms. The van der Waals surface area contributed by atoms with Gasteiger partial charge in [-0.15, -0.1) is 0 Å². The summed E-state index contributed by atoms with van der Waals surface area (Å²) in [6.07, 6.45) is -1.55. The predicted octanol–water partition coefficient (Wildman–Crippen LogP) is 1.78. The van der Waals surface area contributed by atoms with Crippen molar-refractivity contribution in [3.05, 3.63) is 59.2 Å². The van der Waals surface area contributed by atoms with E-state index in [0.717, 1.165) is 5.56 Å². The van der Waals surface area contributed by atoms with Crippen molar-refractivity contribution in [2.75, 3.05) is 7.11 Å². The summed E-state index contributed by atoms with van der Waals surface area (Å²) >= 11 is 0. The molecule has 0 saturated carbocycles. The van der Waals surface area contributed by atoms with Crippen LogP contribution in [0.2, 0.25) is 0 Å². The molecule has 0 amide bonds. The minimum atomic E-state index is -4.26. The van der Waals surface area contributed by atoms with Crippen LogP contribution in [0.15, 0.2) is 47.4 Å². The molecule has 0 radical (unpaired) electrons. The van der Waals surface area contributed by atoms with Crippen LogP contribution in [0.3, 0.4) is 0 Å². The molecule has 0 aromatic heterocycles. The topological polar surface area (TPSA) is 113 Å². The first-order valence-electron chi connectivity index (χ1n) is 7.80. The Morgan fingerprint density at radius 2 is 1.69 bits per heavy atom. The van der Waals surface area contributed by atoms with Crippen LogP contribution < -0.4 is 9.46 Å². The van der Waals surface area contributed by atoms with Gasteiger partial charge >= 0.3 is 5.97 Å². The molecule has 8 heteroatoms. The van der Waals surface area contributed by atoms with Crippen molar-refractivity contribution in [1.29, 1.82) is 0 Å². The molecule has 0 fully saturated rings. The fourth-order valence-corrected chi connectivity index (χ4v) is 3.89. The number of methoxy groups -OCH3 is 1. The maximum absolute atomic E-state index is 12.8. The Hall–Kier alpha value is -2.42. The summed E-state index contributed by atoms with van der Waals surface area (Å²) in [4.78, 5) is 11.4. The summed E-state index contributed by atoms with van der Waals surface area (Å²) in [5, 5.41) is 19.8. The first-order chi connectivity index (χ1) is 12.2. The molecule has 0 saturated heterocycles. The van der Waals surface area contributed by atoms with E-state index in [2.05, 4.69) is 4.72 Å². The molecule has 26 heavy (non-hydrogen) atoms. The average molecular weight is 379 g/mol. The quantitative estimate of drug-likeness (QED) is 0.676. The molecular formula is C18H21NO6S. The van der Waals surface area contributed by atoms with Crippen LogP contribution in [0, 0.1) is 13.8 Å². The lowest BCUT2D eigenvalue weighted by atomic mass is 10.0. The normalized spacial score (nSPS) is 13.8. The summed E-state index contributed by atoms with van der Waals surface area (Å²) in [5.41, 5.74) is 1.83. The van der Waals surface area contributed by atoms with Gasteiger partial charge in [0.25, 0.3) is 0 Å². The molecule has 2 atom stereocenters. The zero-order valence-electron chi connectivity index (χ0n) is 14.6. The Kier molecular flexibility index (Phi) is 6.01. The average Bonchev–Trinajstić information content (AvgIpc) is 2.61. The SMILES string of the molecule is COc1cc(C)c(C)cc1S(=O)(=O)NC(C(=O)O)C(O)c1ccccc1. The Morgan fingerprint density at radius 3 is 2.23 bits per heavy atom. The van der Waals surface area contributed by atoms with Crippen molar-refractivity contribution in [3.63, 3.8) is 0 Å². The molecule has 140 valence electrons. The smallest absolute Gasteiger partial charge is 0.324 e. The van der Waals surface area contributed by atoms with Crippen LogP contribution in [0.25, 0.3) is 0 Å². The van der Waals surface area contributed by atoms with Crippen molar-refractivity contribution in [2.24, 2.45) is 0 Å². The highest BCUT2D eigenvalue weighted by atomic mass is 32.2. The molecule has 0 aliphatic heterocycles. The van der Waals surface area contributed by atoms with Crippen LogP contribution in [0.4, 0.5) is 0 Å². The monoisotopic (exact) mass is 379 g/mol. The third kappa shape index (κ3) is 4.21. The van der Waals surface area contributed by atoms with Crippen molar-refractivity contribution in [1.82, 2.24) is 4.72 Å². The zero-order chi connectivity index (χ0) is 19.5. The lowest BCUT2D eigenvalue weighted by Gasteiger charge is -2.21. The van der Waals surface area contributed by atoms with E-state index in [1.165, 1.54) is 25.3 Å². The highest BCUT2D eigenvalue weighted by molar-refractivity contribution is 7.89. The standard InChI is InChI=1S/C18H21NO6S/c1-11-9-14(25-3)15(10-12(11)2)26(23,24)19-16(18(21)22)17(20)13-7-5-4-6-8-13/h4-10,16-17,19-20H,1-3H3,(H,21,22). The van der Waals surface area contributed by atoms with Crippen molar-refractivity contribution >= 4 is 16.0 Å². The Balaban J connectivity index is 2.42. The Bertz CT molecular complexity index is 895. The fraction of sp³-hybridized carbons (Fsp3) is 0.278. The fourth-order valence-electron chi connectivity index (χ4n) is 2.46. The second-order valence-electron chi connectivity index (χ2n) is 5.88. The molecule has 0 aliphatic carbocycles. The first-order valence-corrected chi connectivity index (χ1v) is 9.29. The number of hydrogen-bond acceptors (Lipinski definition) is 5. The molecule has 0 heterocycles. The third-order valence-electron chi connectivity index (χ3n) is 4.07. The molecule has 0 aliphatic rings. The van der Waals surface area contributed by atoms with E-state index >= 15 is 0 Å². The van der Waals surface area contributed by atoms with Gasteiger partial charge in [0.1, 0.15) is 22.8 Å². The summed E-state index contributed by atoms with van der Waals surface area (Å²) in [6, 6.07) is 9.20. The van der Waals surface area contributed by atoms with Gasteiger partial charge < -0.3 is 14.9 Å². The van der Waals surface area contributed by atoms with E-state index in [-0.39, 0.29) is 16.2 Å². The highest BCUT2D eigenvalue weighted by Crippen LogP contribution is 2.28. The van der Waals surface area contributed by atoms with Gasteiger partial charge in [0.15, 0.2) is 0 Å². The number of sulfonamides is 1. The summed E-state index contributed by atoms with van der Waals surface area (Å²) in [6.45, 7) is 3.54. The van der Waals surface area contributed by atoms with E-state index < -0.39 is 28.1 Å². The maximum atomic E-state index is 12.8. The number of hydrogen-bond donors (Lipinski definition) is 3. The largest absolute Gasteiger partial charge is 0.495 e. The van der Waals surface area contributed by atoms with Gasteiger partial charge in [-0.1, -0.05) is 30.3 Å². The van der Waals surface area contributed by atoms with Crippen LogP contribution in [-0.2, 0) is 14.8 Å². The minimum Gasteiger partial charge on any atom is -0.495 e. The number of carboxylic acids is 1. The first kappa shape index (κ1) is 19.9. The molecule has 3 N–H and O–H groups in total. The van der Waals surface area contributed by atoms with Gasteiger partial charge in [0.2, 0.25) is 10.0 Å². The number of ether oxygens (including phenoxy) is 1. The van der Waals surface area contributed by atoms with Crippen LogP contribution in [0.5, 0.6) is 5.75 Å². The Labute approximate surface area is 152 Å². The van der Waals surface area contributed by atoms with E-state index in [0.29, 0.717) is 5.56 Å². The van der Waals surface area contributed by atoms with Gasteiger partial charge in [-0.05, 0) is 42.7 Å². The van der Waals surface area contributed by atoms with Crippen LogP contribution >= 0.6 is 0 Å². The van der Waals surface area contributed by atoms with Crippen molar-refractivity contribution < 1.29 is 28.2 Å². The number of aryl methyl sites for hydroxylation is 2. The highest BCUT2D eigenvalue weighted by Gasteiger charge is 2.34. The summed E-state index contributed by atoms with van der Waals surface area (Å²) < 4.78 is 32.7. The number of carboxylic acid groups (broad SMARTS) is 1. The molecule has 2 unspecified atom stereocenters. The van der Waals surface area contributed by atoms with E-state index in [1.807, 2.05) is 0 Å². The summed E-state index contributed by atoms with van der Waals surface area (Å²) in [5.74, 6) is -1.40. The number of benzene rings is 2. The van der Waals surface area contributed by atoms with Gasteiger partial charge in [-0.2, -0.15) is 4.72 Å². The second-order valence-corrected chi connectivity index (χ2v) is 7.56. The zero-order valence-corrected chi connectivity index (χ0v) is 15.4. The molecule has 7 nitrogen and oxygen atoms in total. The van der Waals surface area contributed by atoms with Gasteiger partial charge in [-0.25, -0.2) is 8.42 Å². The van der Waals surface area contributed by atoms with Gasteiger partial charge in [-0.3, -0.25) is 4.79 Å². The number of aliphatic hydroxyl groups excluding tert-OH is 1. The summed E-state index contributed by atoms with van der Waals surface area (Å²) in [7, 11) is -2.93. The van der Waals surface area contributed by atoms with Crippen molar-refractivity contribution in [3.8, 4) is 5.75 Å². The van der Waals surface area contributed by atoms with Crippen molar-refractivity contribution in [2.45, 2.75) is 30.9 Å². The number of rotatable bonds is 7. The van der Waals surface area contributed by atoms with Gasteiger partial charge in [0.05, 0.1) is 7.11 Å².